The summed E-state index contributed by atoms with van der Waals surface area (Å²) in [6, 6.07) is 1.69. The minimum Gasteiger partial charge on any atom is -0.380 e. The number of rotatable bonds is 6. The minimum absolute atomic E-state index is 0.115. The summed E-state index contributed by atoms with van der Waals surface area (Å²) in [6.45, 7) is 0.685. The van der Waals surface area contributed by atoms with Gasteiger partial charge in [-0.25, -0.2) is 0 Å². The summed E-state index contributed by atoms with van der Waals surface area (Å²) < 4.78 is 9.61. The van der Waals surface area contributed by atoms with Crippen LogP contribution in [0.4, 0.5) is 0 Å². The van der Waals surface area contributed by atoms with Crippen LogP contribution in [-0.2, 0) is 16.1 Å². The van der Waals surface area contributed by atoms with Gasteiger partial charge in [0.25, 0.3) is 0 Å². The fraction of sp³-hybridized carbons (Fsp3) is 0.556. The molecule has 84 valence electrons. The van der Waals surface area contributed by atoms with Crippen molar-refractivity contribution < 1.29 is 14.1 Å². The first kappa shape index (κ1) is 11.7. The molecule has 0 aromatic carbocycles. The predicted octanol–water partition coefficient (Wildman–Crippen LogP) is -0.345. The van der Waals surface area contributed by atoms with Crippen LogP contribution in [0.15, 0.2) is 16.9 Å². The maximum atomic E-state index is 11.4. The highest BCUT2D eigenvalue weighted by Crippen LogP contribution is 1.97. The number of carbonyl (C=O) groups is 1. The lowest BCUT2D eigenvalue weighted by atomic mass is 10.2. The zero-order chi connectivity index (χ0) is 11.1. The Hall–Kier alpha value is -1.40. The fourth-order valence-electron chi connectivity index (χ4n) is 1.06. The van der Waals surface area contributed by atoms with Gasteiger partial charge in [-0.05, 0) is 0 Å². The van der Waals surface area contributed by atoms with Crippen LogP contribution < -0.4 is 11.1 Å². The standard InChI is InChI=1S/C9H15N3O3/c1-14-8(5-10)4-9(13)11-6-7-2-3-15-12-7/h2-3,8H,4-6,10H2,1H3,(H,11,13). The summed E-state index contributed by atoms with van der Waals surface area (Å²) in [4.78, 5) is 11.4. The van der Waals surface area contributed by atoms with Crippen molar-refractivity contribution in [3.05, 3.63) is 18.0 Å². The third kappa shape index (κ3) is 4.09. The Morgan fingerprint density at radius 3 is 3.13 bits per heavy atom. The molecule has 0 aliphatic rings. The van der Waals surface area contributed by atoms with E-state index in [1.807, 2.05) is 0 Å². The van der Waals surface area contributed by atoms with Gasteiger partial charge < -0.3 is 20.3 Å². The molecular weight excluding hydrogens is 198 g/mol. The Morgan fingerprint density at radius 1 is 1.80 bits per heavy atom. The van der Waals surface area contributed by atoms with E-state index in [1.54, 1.807) is 6.07 Å². The quantitative estimate of drug-likeness (QED) is 0.674. The highest BCUT2D eigenvalue weighted by molar-refractivity contribution is 5.76. The molecular formula is C9H15N3O3. The van der Waals surface area contributed by atoms with Gasteiger partial charge in [0.05, 0.1) is 19.1 Å². The number of methoxy groups -OCH3 is 1. The monoisotopic (exact) mass is 213 g/mol. The van der Waals surface area contributed by atoms with Crippen LogP contribution in [0.2, 0.25) is 0 Å². The van der Waals surface area contributed by atoms with Gasteiger partial charge in [-0.1, -0.05) is 5.16 Å². The van der Waals surface area contributed by atoms with E-state index in [0.717, 1.165) is 0 Å². The van der Waals surface area contributed by atoms with Crippen LogP contribution in [0.25, 0.3) is 0 Å². The molecule has 15 heavy (non-hydrogen) atoms. The Balaban J connectivity index is 2.24. The summed E-state index contributed by atoms with van der Waals surface area (Å²) in [5.74, 6) is -0.115. The van der Waals surface area contributed by atoms with Gasteiger partial charge >= 0.3 is 0 Å². The number of aromatic nitrogens is 1. The summed E-state index contributed by atoms with van der Waals surface area (Å²) in [7, 11) is 1.53. The van der Waals surface area contributed by atoms with Crippen LogP contribution in [0.1, 0.15) is 12.1 Å². The number of nitrogens with one attached hydrogen (secondary N) is 1. The molecule has 6 nitrogen and oxygen atoms in total. The van der Waals surface area contributed by atoms with Gasteiger partial charge in [0.15, 0.2) is 0 Å². The number of nitrogens with two attached hydrogens (primary N) is 1. The second-order valence-electron chi connectivity index (χ2n) is 3.07. The van der Waals surface area contributed by atoms with Crippen molar-refractivity contribution in [1.82, 2.24) is 10.5 Å². The van der Waals surface area contributed by atoms with Crippen molar-refractivity contribution in [3.8, 4) is 0 Å². The largest absolute Gasteiger partial charge is 0.380 e. The van der Waals surface area contributed by atoms with Crippen LogP contribution >= 0.6 is 0 Å². The van der Waals surface area contributed by atoms with Crippen molar-refractivity contribution in [2.45, 2.75) is 19.1 Å². The molecule has 1 atom stereocenters. The van der Waals surface area contributed by atoms with Gasteiger partial charge in [0, 0.05) is 19.7 Å². The smallest absolute Gasteiger partial charge is 0.222 e. The van der Waals surface area contributed by atoms with E-state index in [9.17, 15) is 4.79 Å². The number of hydrogen-bond donors (Lipinski definition) is 2. The van der Waals surface area contributed by atoms with Gasteiger partial charge in [-0.3, -0.25) is 4.79 Å². The van der Waals surface area contributed by atoms with E-state index in [-0.39, 0.29) is 18.4 Å². The van der Waals surface area contributed by atoms with Crippen molar-refractivity contribution in [2.75, 3.05) is 13.7 Å². The second-order valence-corrected chi connectivity index (χ2v) is 3.07. The highest BCUT2D eigenvalue weighted by Gasteiger charge is 2.11. The first-order chi connectivity index (χ1) is 7.26. The minimum atomic E-state index is -0.234. The van der Waals surface area contributed by atoms with Crippen LogP contribution in [0, 0.1) is 0 Å². The molecule has 0 aliphatic heterocycles. The zero-order valence-electron chi connectivity index (χ0n) is 8.60. The lowest BCUT2D eigenvalue weighted by Crippen LogP contribution is -2.31. The Kier molecular flexibility index (Phi) is 4.79. The SMILES string of the molecule is COC(CN)CC(=O)NCc1ccon1. The number of nitrogens with zero attached hydrogens (tertiary/aromatic N) is 1. The molecule has 0 radical (unpaired) electrons. The third-order valence-corrected chi connectivity index (χ3v) is 1.97. The number of carbonyl (C=O) groups excluding carboxylic acids is 1. The molecule has 0 fully saturated rings. The average molecular weight is 213 g/mol. The Bertz CT molecular complexity index is 283. The van der Waals surface area contributed by atoms with Crippen molar-refractivity contribution >= 4 is 5.91 Å². The predicted molar refractivity (Wildman–Crippen MR) is 52.8 cm³/mol. The third-order valence-electron chi connectivity index (χ3n) is 1.97. The van der Waals surface area contributed by atoms with Crippen molar-refractivity contribution in [1.29, 1.82) is 0 Å². The molecule has 6 heteroatoms. The topological polar surface area (TPSA) is 90.4 Å². The van der Waals surface area contributed by atoms with E-state index < -0.39 is 0 Å². The molecule has 0 saturated heterocycles. The first-order valence-corrected chi connectivity index (χ1v) is 4.65. The van der Waals surface area contributed by atoms with Gasteiger partial charge in [-0.15, -0.1) is 0 Å². The number of amides is 1. The molecule has 3 N–H and O–H groups in total. The van der Waals surface area contributed by atoms with Gasteiger partial charge in [0.1, 0.15) is 12.0 Å². The summed E-state index contributed by atoms with van der Waals surface area (Å²) >= 11 is 0. The molecule has 1 aromatic heterocycles. The molecule has 0 bridgehead atoms. The molecule has 1 aromatic rings. The van der Waals surface area contributed by atoms with E-state index in [2.05, 4.69) is 15.0 Å². The van der Waals surface area contributed by atoms with Gasteiger partial charge in [0.2, 0.25) is 5.91 Å². The summed E-state index contributed by atoms with van der Waals surface area (Å²) in [5.41, 5.74) is 6.08. The van der Waals surface area contributed by atoms with Crippen molar-refractivity contribution in [3.63, 3.8) is 0 Å². The lowest BCUT2D eigenvalue weighted by molar-refractivity contribution is -0.123. The van der Waals surface area contributed by atoms with Crippen molar-refractivity contribution in [2.24, 2.45) is 5.73 Å². The normalized spacial score (nSPS) is 12.4. The molecule has 1 heterocycles. The molecule has 0 aliphatic carbocycles. The summed E-state index contributed by atoms with van der Waals surface area (Å²) in [6.07, 6.45) is 1.48. The zero-order valence-corrected chi connectivity index (χ0v) is 8.60. The second kappa shape index (κ2) is 6.15. The van der Waals surface area contributed by atoms with E-state index in [4.69, 9.17) is 10.5 Å². The Morgan fingerprint density at radius 2 is 2.60 bits per heavy atom. The number of hydrogen-bond acceptors (Lipinski definition) is 5. The fourth-order valence-corrected chi connectivity index (χ4v) is 1.06. The van der Waals surface area contributed by atoms with E-state index >= 15 is 0 Å². The summed E-state index contributed by atoms with van der Waals surface area (Å²) in [5, 5.41) is 6.35. The first-order valence-electron chi connectivity index (χ1n) is 4.65. The average Bonchev–Trinajstić information content (AvgIpc) is 2.75. The lowest BCUT2D eigenvalue weighted by Gasteiger charge is -2.11. The van der Waals surface area contributed by atoms with Crippen LogP contribution in [0.3, 0.4) is 0 Å². The number of ether oxygens (including phenoxy) is 1. The maximum Gasteiger partial charge on any atom is 0.222 e. The van der Waals surface area contributed by atoms with Crippen LogP contribution in [-0.4, -0.2) is 30.8 Å². The molecule has 0 spiro atoms. The van der Waals surface area contributed by atoms with Crippen LogP contribution in [0.5, 0.6) is 0 Å². The molecule has 1 amide bonds. The Labute approximate surface area is 87.8 Å². The maximum absolute atomic E-state index is 11.4. The highest BCUT2D eigenvalue weighted by atomic mass is 16.5. The van der Waals surface area contributed by atoms with E-state index in [1.165, 1.54) is 13.4 Å². The molecule has 1 unspecified atom stereocenters. The molecule has 1 rings (SSSR count). The van der Waals surface area contributed by atoms with E-state index in [0.29, 0.717) is 18.8 Å². The van der Waals surface area contributed by atoms with Gasteiger partial charge in [-0.2, -0.15) is 0 Å². The molecule has 0 saturated carbocycles.